The van der Waals surface area contributed by atoms with Gasteiger partial charge in [0, 0.05) is 17.0 Å². The van der Waals surface area contributed by atoms with E-state index in [2.05, 4.69) is 0 Å². The maximum absolute atomic E-state index is 12.4. The van der Waals surface area contributed by atoms with Crippen molar-refractivity contribution >= 4 is 29.3 Å². The van der Waals surface area contributed by atoms with Gasteiger partial charge in [-0.2, -0.15) is 0 Å². The molecule has 9 nitrogen and oxygen atoms in total. The van der Waals surface area contributed by atoms with Crippen LogP contribution in [0.1, 0.15) is 12.5 Å². The van der Waals surface area contributed by atoms with E-state index in [1.54, 1.807) is 0 Å². The maximum atomic E-state index is 12.4. The third kappa shape index (κ3) is 3.06. The van der Waals surface area contributed by atoms with Crippen molar-refractivity contribution in [2.24, 2.45) is 5.92 Å². The van der Waals surface area contributed by atoms with E-state index in [0.29, 0.717) is 10.5 Å². The number of hydrogen-bond acceptors (Lipinski definition) is 8. The molecule has 26 heavy (non-hydrogen) atoms. The molecule has 1 fully saturated rings. The second-order valence-corrected chi connectivity index (χ2v) is 7.12. The van der Waals surface area contributed by atoms with Gasteiger partial charge in [-0.15, -0.1) is 0 Å². The third-order valence-corrected chi connectivity index (χ3v) is 5.58. The number of nitrogens with zero attached hydrogens (tertiary/aromatic N) is 2. The van der Waals surface area contributed by atoms with Crippen molar-refractivity contribution in [2.45, 2.75) is 25.0 Å². The molecule has 1 amide bonds. The van der Waals surface area contributed by atoms with Gasteiger partial charge < -0.3 is 14.9 Å². The molecule has 1 aromatic rings. The van der Waals surface area contributed by atoms with Crippen molar-refractivity contribution < 1.29 is 29.5 Å². The molecule has 138 valence electrons. The fourth-order valence-corrected chi connectivity index (χ4v) is 4.35. The predicted molar refractivity (Wildman–Crippen MR) is 90.4 cm³/mol. The average Bonchev–Trinajstić information content (AvgIpc) is 2.93. The number of rotatable bonds is 6. The van der Waals surface area contributed by atoms with Crippen molar-refractivity contribution in [1.82, 2.24) is 4.90 Å². The van der Waals surface area contributed by atoms with Crippen LogP contribution in [-0.2, 0) is 20.9 Å². The quantitative estimate of drug-likeness (QED) is 0.320. The van der Waals surface area contributed by atoms with E-state index in [1.165, 1.54) is 36.1 Å². The molecule has 2 heterocycles. The first-order valence-electron chi connectivity index (χ1n) is 7.77. The average molecular weight is 380 g/mol. The van der Waals surface area contributed by atoms with Crippen LogP contribution in [0, 0.1) is 16.0 Å². The molecule has 1 aromatic carbocycles. The zero-order valence-electron chi connectivity index (χ0n) is 13.7. The zero-order valence-corrected chi connectivity index (χ0v) is 14.5. The van der Waals surface area contributed by atoms with Gasteiger partial charge in [-0.25, -0.2) is 4.79 Å². The van der Waals surface area contributed by atoms with Crippen molar-refractivity contribution in [1.29, 1.82) is 0 Å². The van der Waals surface area contributed by atoms with Crippen molar-refractivity contribution in [3.05, 3.63) is 50.5 Å². The molecule has 3 rings (SSSR count). The van der Waals surface area contributed by atoms with Crippen molar-refractivity contribution in [2.75, 3.05) is 6.61 Å². The number of ether oxygens (including phenoxy) is 1. The molecule has 0 saturated carbocycles. The highest BCUT2D eigenvalue weighted by molar-refractivity contribution is 8.04. The molecule has 2 aliphatic heterocycles. The van der Waals surface area contributed by atoms with Crippen LogP contribution in [0.4, 0.5) is 5.69 Å². The van der Waals surface area contributed by atoms with Crippen LogP contribution in [0.2, 0.25) is 0 Å². The first-order valence-corrected chi connectivity index (χ1v) is 8.65. The van der Waals surface area contributed by atoms with Gasteiger partial charge in [-0.3, -0.25) is 19.8 Å². The fraction of sp³-hybridized carbons (Fsp3) is 0.375. The molecule has 0 unspecified atom stereocenters. The number of aliphatic hydroxyl groups is 2. The topological polar surface area (TPSA) is 130 Å². The standard InChI is InChI=1S/C16H16N2O7S/c1-8(20)12-14(21)17-13(11(6-19)26-15(12)17)16(22)25-7-9-2-4-10(5-3-9)18(23)24/h2-5,8,12,15,19-20H,6-7H2,1H3/t8-,12+,15-/m1/s1. The van der Waals surface area contributed by atoms with Crippen LogP contribution in [0.25, 0.3) is 0 Å². The summed E-state index contributed by atoms with van der Waals surface area (Å²) >= 11 is 1.16. The van der Waals surface area contributed by atoms with Gasteiger partial charge in [0.25, 0.3) is 5.69 Å². The van der Waals surface area contributed by atoms with Crippen LogP contribution < -0.4 is 0 Å². The SMILES string of the molecule is C[C@@H](O)[C@H]1C(=O)N2C(C(=O)OCc3ccc([N+](=O)[O-])cc3)=C(CO)S[C@H]12. The van der Waals surface area contributed by atoms with Gasteiger partial charge in [-0.1, -0.05) is 11.8 Å². The van der Waals surface area contributed by atoms with E-state index in [4.69, 9.17) is 4.74 Å². The molecule has 0 spiro atoms. The second kappa shape index (κ2) is 7.06. The molecule has 0 radical (unpaired) electrons. The van der Waals surface area contributed by atoms with E-state index in [-0.39, 0.29) is 23.9 Å². The number of benzene rings is 1. The number of hydrogen-bond donors (Lipinski definition) is 2. The smallest absolute Gasteiger partial charge is 0.356 e. The highest BCUT2D eigenvalue weighted by Crippen LogP contribution is 2.50. The minimum absolute atomic E-state index is 0.00804. The molecular weight excluding hydrogens is 364 g/mol. The van der Waals surface area contributed by atoms with Crippen molar-refractivity contribution in [3.8, 4) is 0 Å². The largest absolute Gasteiger partial charge is 0.456 e. The Hall–Kier alpha value is -2.43. The number of esters is 1. The number of nitro groups is 1. The number of carbonyl (C=O) groups excluding carboxylic acids is 2. The lowest BCUT2D eigenvalue weighted by atomic mass is 9.92. The number of β-lactam (4-membered cyclic amide) rings is 1. The van der Waals surface area contributed by atoms with E-state index in [1.807, 2.05) is 0 Å². The van der Waals surface area contributed by atoms with Crippen LogP contribution in [-0.4, -0.2) is 50.0 Å². The fourth-order valence-electron chi connectivity index (χ4n) is 2.89. The van der Waals surface area contributed by atoms with Crippen molar-refractivity contribution in [3.63, 3.8) is 0 Å². The summed E-state index contributed by atoms with van der Waals surface area (Å²) in [4.78, 5) is 36.3. The summed E-state index contributed by atoms with van der Waals surface area (Å²) in [6, 6.07) is 5.54. The lowest BCUT2D eigenvalue weighted by molar-refractivity contribution is -0.384. The highest BCUT2D eigenvalue weighted by Gasteiger charge is 2.57. The lowest BCUT2D eigenvalue weighted by Gasteiger charge is -2.43. The number of non-ortho nitro benzene ring substituents is 1. The Kier molecular flexibility index (Phi) is 4.99. The van der Waals surface area contributed by atoms with Gasteiger partial charge >= 0.3 is 5.97 Å². The zero-order chi connectivity index (χ0) is 19.0. The molecule has 10 heteroatoms. The lowest BCUT2D eigenvalue weighted by Crippen LogP contribution is -2.60. The summed E-state index contributed by atoms with van der Waals surface area (Å²) in [6.45, 7) is 0.958. The highest BCUT2D eigenvalue weighted by atomic mass is 32.2. The molecular formula is C16H16N2O7S. The van der Waals surface area contributed by atoms with Gasteiger partial charge in [0.2, 0.25) is 5.91 Å². The number of nitro benzene ring substituents is 1. The number of thioether (sulfide) groups is 1. The predicted octanol–water partition coefficient (Wildman–Crippen LogP) is 0.754. The minimum atomic E-state index is -0.855. The minimum Gasteiger partial charge on any atom is -0.456 e. The van der Waals surface area contributed by atoms with Crippen LogP contribution in [0.15, 0.2) is 34.9 Å². The Labute approximate surface area is 152 Å². The molecule has 2 aliphatic rings. The number of fused-ring (bicyclic) bond motifs is 1. The molecule has 1 saturated heterocycles. The monoisotopic (exact) mass is 380 g/mol. The first kappa shape index (κ1) is 18.4. The number of aliphatic hydroxyl groups excluding tert-OH is 2. The van der Waals surface area contributed by atoms with E-state index in [0.717, 1.165) is 11.8 Å². The molecule has 2 N–H and O–H groups in total. The molecule has 0 aliphatic carbocycles. The normalized spacial score (nSPS) is 22.7. The summed E-state index contributed by atoms with van der Waals surface area (Å²) < 4.78 is 5.19. The summed E-state index contributed by atoms with van der Waals surface area (Å²) in [5, 5.41) is 29.4. The Balaban J connectivity index is 1.69. The summed E-state index contributed by atoms with van der Waals surface area (Å²) in [6.07, 6.45) is -0.855. The Morgan fingerprint density at radius 3 is 2.62 bits per heavy atom. The second-order valence-electron chi connectivity index (χ2n) is 5.91. The number of carbonyl (C=O) groups is 2. The Morgan fingerprint density at radius 1 is 1.42 bits per heavy atom. The summed E-state index contributed by atoms with van der Waals surface area (Å²) in [5.74, 6) is -1.77. The van der Waals surface area contributed by atoms with Gasteiger partial charge in [-0.05, 0) is 24.6 Å². The third-order valence-electron chi connectivity index (χ3n) is 4.23. The maximum Gasteiger partial charge on any atom is 0.356 e. The van der Waals surface area contributed by atoms with Crippen LogP contribution >= 0.6 is 11.8 Å². The van der Waals surface area contributed by atoms with Crippen LogP contribution in [0.3, 0.4) is 0 Å². The summed E-state index contributed by atoms with van der Waals surface area (Å²) in [5.41, 5.74) is 0.469. The molecule has 0 aromatic heterocycles. The molecule has 0 bridgehead atoms. The van der Waals surface area contributed by atoms with E-state index >= 15 is 0 Å². The van der Waals surface area contributed by atoms with Gasteiger partial charge in [0.05, 0.1) is 23.6 Å². The van der Waals surface area contributed by atoms with Gasteiger partial charge in [0.1, 0.15) is 17.7 Å². The Morgan fingerprint density at radius 2 is 2.08 bits per heavy atom. The van der Waals surface area contributed by atoms with Gasteiger partial charge in [0.15, 0.2) is 0 Å². The number of amides is 1. The van der Waals surface area contributed by atoms with E-state index in [9.17, 15) is 29.9 Å². The summed E-state index contributed by atoms with van der Waals surface area (Å²) in [7, 11) is 0. The van der Waals surface area contributed by atoms with E-state index < -0.39 is 34.9 Å². The molecule has 3 atom stereocenters. The van der Waals surface area contributed by atoms with Crippen LogP contribution in [0.5, 0.6) is 0 Å². The first-order chi connectivity index (χ1) is 12.3. The Bertz CT molecular complexity index is 790.